The van der Waals surface area contributed by atoms with Crippen LogP contribution in [-0.4, -0.2) is 78.0 Å². The highest BCUT2D eigenvalue weighted by atomic mass is 35.5. The number of benzene rings is 1. The average molecular weight is 473 g/mol. The van der Waals surface area contributed by atoms with E-state index in [4.69, 9.17) is 16.6 Å². The summed E-state index contributed by atoms with van der Waals surface area (Å²) in [6.45, 7) is 8.97. The van der Waals surface area contributed by atoms with Crippen molar-refractivity contribution >= 4 is 29.1 Å². The van der Waals surface area contributed by atoms with Crippen molar-refractivity contribution in [3.05, 3.63) is 51.4 Å². The number of hydrogen-bond donors (Lipinski definition) is 1. The molecule has 178 valence electrons. The topological polar surface area (TPSA) is 75.8 Å². The maximum Gasteiger partial charge on any atom is 0.252 e. The monoisotopic (exact) mass is 472 g/mol. The Morgan fingerprint density at radius 2 is 1.73 bits per heavy atom. The van der Waals surface area contributed by atoms with Gasteiger partial charge in [-0.05, 0) is 18.6 Å². The van der Waals surface area contributed by atoms with Crippen LogP contribution in [-0.2, 0) is 11.3 Å². The molecular formula is C24H33ClN6O2. The second-order valence-electron chi connectivity index (χ2n) is 8.75. The maximum atomic E-state index is 12.3. The van der Waals surface area contributed by atoms with Crippen molar-refractivity contribution in [3.8, 4) is 0 Å². The summed E-state index contributed by atoms with van der Waals surface area (Å²) in [5.74, 6) is 0.829. The second-order valence-corrected chi connectivity index (χ2v) is 9.15. The Morgan fingerprint density at radius 1 is 1.03 bits per heavy atom. The molecule has 8 nitrogen and oxygen atoms in total. The van der Waals surface area contributed by atoms with Crippen LogP contribution in [0.3, 0.4) is 0 Å². The van der Waals surface area contributed by atoms with Crippen molar-refractivity contribution < 1.29 is 4.79 Å². The molecular weight excluding hydrogens is 440 g/mol. The van der Waals surface area contributed by atoms with Gasteiger partial charge in [-0.3, -0.25) is 19.5 Å². The highest BCUT2D eigenvalue weighted by Crippen LogP contribution is 2.26. The lowest BCUT2D eigenvalue weighted by atomic mass is 10.2. The zero-order valence-electron chi connectivity index (χ0n) is 19.3. The van der Waals surface area contributed by atoms with E-state index in [0.717, 1.165) is 55.4 Å². The van der Waals surface area contributed by atoms with Crippen LogP contribution < -0.4 is 15.4 Å². The smallest absolute Gasteiger partial charge is 0.252 e. The van der Waals surface area contributed by atoms with Crippen LogP contribution in [0.2, 0.25) is 5.02 Å². The molecule has 2 aliphatic heterocycles. The molecule has 9 heteroatoms. The van der Waals surface area contributed by atoms with Gasteiger partial charge in [-0.1, -0.05) is 37.1 Å². The van der Waals surface area contributed by atoms with Gasteiger partial charge in [0.05, 0.1) is 16.4 Å². The molecule has 0 spiro atoms. The number of H-pyrrole nitrogens is 1. The number of para-hydroxylation sites is 1. The molecule has 1 amide bonds. The molecule has 0 aliphatic carbocycles. The minimum absolute atomic E-state index is 0.133. The van der Waals surface area contributed by atoms with Gasteiger partial charge >= 0.3 is 0 Å². The van der Waals surface area contributed by atoms with E-state index in [1.54, 1.807) is 6.07 Å². The minimum Gasteiger partial charge on any atom is -0.368 e. The molecule has 2 saturated heterocycles. The molecule has 0 bridgehead atoms. The van der Waals surface area contributed by atoms with Gasteiger partial charge < -0.3 is 14.7 Å². The molecule has 4 rings (SSSR count). The van der Waals surface area contributed by atoms with E-state index < -0.39 is 0 Å². The van der Waals surface area contributed by atoms with Crippen molar-refractivity contribution in [2.45, 2.75) is 32.7 Å². The lowest BCUT2D eigenvalue weighted by Gasteiger charge is -2.36. The fourth-order valence-electron chi connectivity index (χ4n) is 4.46. The molecule has 0 radical (unpaired) electrons. The van der Waals surface area contributed by atoms with Gasteiger partial charge in [0.25, 0.3) is 5.56 Å². The lowest BCUT2D eigenvalue weighted by Crippen LogP contribution is -2.49. The lowest BCUT2D eigenvalue weighted by molar-refractivity contribution is -0.131. The van der Waals surface area contributed by atoms with Gasteiger partial charge in [0.15, 0.2) is 0 Å². The zero-order chi connectivity index (χ0) is 23.2. The number of rotatable bonds is 7. The molecule has 0 saturated carbocycles. The highest BCUT2D eigenvalue weighted by Gasteiger charge is 2.23. The normalized spacial score (nSPS) is 17.5. The summed E-state index contributed by atoms with van der Waals surface area (Å²) in [6, 6.07) is 9.53. The number of carbonyl (C=O) groups is 1. The molecule has 1 N–H and O–H groups in total. The quantitative estimate of drug-likeness (QED) is 0.667. The number of anilines is 2. The van der Waals surface area contributed by atoms with Crippen molar-refractivity contribution in [1.29, 1.82) is 0 Å². The molecule has 0 unspecified atom stereocenters. The molecule has 0 atom stereocenters. The average Bonchev–Trinajstić information content (AvgIpc) is 2.83. The van der Waals surface area contributed by atoms with Gasteiger partial charge in [0.2, 0.25) is 11.9 Å². The number of unbranched alkanes of at least 4 members (excludes halogenated alkanes) is 1. The first-order valence-electron chi connectivity index (χ1n) is 11.9. The summed E-state index contributed by atoms with van der Waals surface area (Å²) in [5.41, 5.74) is 1.72. The number of piperazine rings is 2. The SMILES string of the molecule is CCCCC(=O)N1CCN(c2nc(CN3CCN(c4ccccc4Cl)CC3)cc(=O)[nH]2)CC1. The van der Waals surface area contributed by atoms with Crippen LogP contribution in [0.25, 0.3) is 0 Å². The summed E-state index contributed by atoms with van der Waals surface area (Å²) in [5, 5.41) is 0.777. The Balaban J connectivity index is 1.33. The standard InChI is InChI=1S/C24H33ClN6O2/c1-2-3-8-23(33)30-13-15-31(16-14-30)24-26-19(17-22(32)27-24)18-28-9-11-29(12-10-28)21-7-5-4-6-20(21)25/h4-7,17H,2-3,8-16,18H2,1H3,(H,26,27,32). The summed E-state index contributed by atoms with van der Waals surface area (Å²) in [4.78, 5) is 40.9. The van der Waals surface area contributed by atoms with Crippen LogP contribution in [0.15, 0.2) is 35.1 Å². The Labute approximate surface area is 200 Å². The van der Waals surface area contributed by atoms with Crippen LogP contribution in [0.4, 0.5) is 11.6 Å². The Morgan fingerprint density at radius 3 is 2.42 bits per heavy atom. The zero-order valence-corrected chi connectivity index (χ0v) is 20.1. The molecule has 3 heterocycles. The van der Waals surface area contributed by atoms with E-state index in [1.165, 1.54) is 0 Å². The van der Waals surface area contributed by atoms with Gasteiger partial charge in [-0.2, -0.15) is 0 Å². The third-order valence-electron chi connectivity index (χ3n) is 6.41. The maximum absolute atomic E-state index is 12.3. The van der Waals surface area contributed by atoms with Crippen molar-refractivity contribution in [3.63, 3.8) is 0 Å². The van der Waals surface area contributed by atoms with Gasteiger partial charge in [0, 0.05) is 71.4 Å². The van der Waals surface area contributed by atoms with Crippen molar-refractivity contribution in [2.24, 2.45) is 0 Å². The highest BCUT2D eigenvalue weighted by molar-refractivity contribution is 6.33. The molecule has 1 aromatic heterocycles. The first-order chi connectivity index (χ1) is 16.0. The summed E-state index contributed by atoms with van der Waals surface area (Å²) in [6.07, 6.45) is 2.58. The molecule has 2 aromatic rings. The fourth-order valence-corrected chi connectivity index (χ4v) is 4.72. The molecule has 2 aliphatic rings. The van der Waals surface area contributed by atoms with E-state index in [2.05, 4.69) is 32.7 Å². The van der Waals surface area contributed by atoms with Crippen LogP contribution in [0.1, 0.15) is 31.9 Å². The molecule has 1 aromatic carbocycles. The number of amides is 1. The van der Waals surface area contributed by atoms with E-state index in [0.29, 0.717) is 45.1 Å². The van der Waals surface area contributed by atoms with E-state index in [1.807, 2.05) is 23.1 Å². The Bertz CT molecular complexity index is 996. The number of nitrogens with zero attached hydrogens (tertiary/aromatic N) is 5. The number of aromatic nitrogens is 2. The summed E-state index contributed by atoms with van der Waals surface area (Å²) >= 11 is 6.35. The van der Waals surface area contributed by atoms with Gasteiger partial charge in [0.1, 0.15) is 0 Å². The van der Waals surface area contributed by atoms with Crippen LogP contribution in [0, 0.1) is 0 Å². The van der Waals surface area contributed by atoms with E-state index in [-0.39, 0.29) is 11.5 Å². The Kier molecular flexibility index (Phi) is 7.88. The number of hydrogen-bond acceptors (Lipinski definition) is 6. The number of carbonyl (C=O) groups excluding carboxylic acids is 1. The summed E-state index contributed by atoms with van der Waals surface area (Å²) in [7, 11) is 0. The Hall–Kier alpha value is -2.58. The fraction of sp³-hybridized carbons (Fsp3) is 0.542. The van der Waals surface area contributed by atoms with E-state index >= 15 is 0 Å². The predicted octanol–water partition coefficient (Wildman–Crippen LogP) is 2.58. The number of aromatic amines is 1. The van der Waals surface area contributed by atoms with Gasteiger partial charge in [-0.25, -0.2) is 4.98 Å². The minimum atomic E-state index is -0.133. The first kappa shape index (κ1) is 23.6. The third kappa shape index (κ3) is 6.06. The summed E-state index contributed by atoms with van der Waals surface area (Å²) < 4.78 is 0. The number of halogens is 1. The van der Waals surface area contributed by atoms with Crippen molar-refractivity contribution in [1.82, 2.24) is 19.8 Å². The third-order valence-corrected chi connectivity index (χ3v) is 6.73. The second kappa shape index (κ2) is 11.0. The van der Waals surface area contributed by atoms with Crippen LogP contribution in [0.5, 0.6) is 0 Å². The molecule has 33 heavy (non-hydrogen) atoms. The number of nitrogens with one attached hydrogen (secondary N) is 1. The van der Waals surface area contributed by atoms with Gasteiger partial charge in [-0.15, -0.1) is 0 Å². The molecule has 2 fully saturated rings. The van der Waals surface area contributed by atoms with E-state index in [9.17, 15) is 9.59 Å². The van der Waals surface area contributed by atoms with Crippen molar-refractivity contribution in [2.75, 3.05) is 62.2 Å². The largest absolute Gasteiger partial charge is 0.368 e. The predicted molar refractivity (Wildman–Crippen MR) is 132 cm³/mol. The van der Waals surface area contributed by atoms with Crippen LogP contribution >= 0.6 is 11.6 Å². The first-order valence-corrected chi connectivity index (χ1v) is 12.3.